The van der Waals surface area contributed by atoms with E-state index in [1.54, 1.807) is 0 Å². The molecule has 5 heteroatoms. The molecule has 30 heavy (non-hydrogen) atoms. The first-order valence-corrected chi connectivity index (χ1v) is 12.4. The minimum atomic E-state index is -0.163. The molecule has 0 bridgehead atoms. The van der Waals surface area contributed by atoms with E-state index in [0.717, 1.165) is 36.6 Å². The minimum Gasteiger partial charge on any atom is -0.393 e. The van der Waals surface area contributed by atoms with Gasteiger partial charge in [0.2, 0.25) is 5.91 Å². The molecule has 0 heterocycles. The van der Waals surface area contributed by atoms with Crippen molar-refractivity contribution in [2.45, 2.75) is 97.6 Å². The van der Waals surface area contributed by atoms with Gasteiger partial charge in [-0.15, -0.1) is 12.4 Å². The van der Waals surface area contributed by atoms with Crippen molar-refractivity contribution in [2.24, 2.45) is 46.2 Å². The van der Waals surface area contributed by atoms with Gasteiger partial charge in [0.1, 0.15) is 0 Å². The third-order valence-electron chi connectivity index (χ3n) is 10.6. The van der Waals surface area contributed by atoms with Crippen molar-refractivity contribution in [1.82, 2.24) is 4.90 Å². The fraction of sp³-hybridized carbons (Fsp3) is 0.960. The Hall–Kier alpha value is -0.320. The molecule has 4 aliphatic carbocycles. The highest BCUT2D eigenvalue weighted by Gasteiger charge is 2.60. The Bertz CT molecular complexity index is 628. The molecule has 0 aromatic rings. The van der Waals surface area contributed by atoms with Crippen LogP contribution in [0.5, 0.6) is 0 Å². The van der Waals surface area contributed by atoms with Crippen LogP contribution in [0.3, 0.4) is 0 Å². The number of hydrogen-bond acceptors (Lipinski definition) is 3. The summed E-state index contributed by atoms with van der Waals surface area (Å²) in [4.78, 5) is 14.4. The lowest BCUT2D eigenvalue weighted by molar-refractivity contribution is -0.142. The molecule has 0 aliphatic heterocycles. The predicted octanol–water partition coefficient (Wildman–Crippen LogP) is 4.62. The summed E-state index contributed by atoms with van der Waals surface area (Å²) >= 11 is 0. The first-order valence-electron chi connectivity index (χ1n) is 12.4. The van der Waals surface area contributed by atoms with Crippen LogP contribution in [0.25, 0.3) is 0 Å². The van der Waals surface area contributed by atoms with Gasteiger partial charge in [-0.05, 0) is 112 Å². The number of fused-ring (bicyclic) bond motifs is 5. The van der Waals surface area contributed by atoms with Crippen LogP contribution in [0, 0.1) is 40.4 Å². The molecule has 4 fully saturated rings. The van der Waals surface area contributed by atoms with E-state index in [0.29, 0.717) is 22.8 Å². The summed E-state index contributed by atoms with van der Waals surface area (Å²) < 4.78 is 0. The topological polar surface area (TPSA) is 66.6 Å². The highest BCUT2D eigenvalue weighted by Crippen LogP contribution is 2.67. The standard InChI is InChI=1S/C25H44N2O2.ClH/c1-5-27(23(29)15-26)18-10-12-24(3)17(14-18)6-7-19-21-9-8-20(16(2)28)25(21,4)13-11-22(19)24;/h16-22,28H,5-15,26H2,1-4H3;1H/t16?,17?,18?,19-,20+,21-,22-,24-,25+;/m0./s1. The van der Waals surface area contributed by atoms with Crippen molar-refractivity contribution in [3.05, 3.63) is 0 Å². The number of nitrogens with zero attached hydrogens (tertiary/aromatic N) is 1. The smallest absolute Gasteiger partial charge is 0.236 e. The van der Waals surface area contributed by atoms with E-state index in [1.807, 2.05) is 6.92 Å². The summed E-state index contributed by atoms with van der Waals surface area (Å²) in [5.74, 6) is 3.87. The molecule has 0 aromatic heterocycles. The highest BCUT2D eigenvalue weighted by atomic mass is 35.5. The van der Waals surface area contributed by atoms with Crippen molar-refractivity contribution < 1.29 is 9.90 Å². The van der Waals surface area contributed by atoms with Crippen LogP contribution in [0.2, 0.25) is 0 Å². The third kappa shape index (κ3) is 3.63. The molecule has 9 atom stereocenters. The summed E-state index contributed by atoms with van der Waals surface area (Å²) in [7, 11) is 0. The number of carbonyl (C=O) groups excluding carboxylic acids is 1. The zero-order valence-corrected chi connectivity index (χ0v) is 20.4. The molecular weight excluding hydrogens is 396 g/mol. The summed E-state index contributed by atoms with van der Waals surface area (Å²) in [6.45, 7) is 10.1. The molecule has 4 nitrogen and oxygen atoms in total. The number of rotatable bonds is 4. The van der Waals surface area contributed by atoms with Gasteiger partial charge in [0.25, 0.3) is 0 Å². The van der Waals surface area contributed by atoms with Crippen molar-refractivity contribution in [3.8, 4) is 0 Å². The van der Waals surface area contributed by atoms with Crippen molar-refractivity contribution >= 4 is 18.3 Å². The van der Waals surface area contributed by atoms with Crippen LogP contribution in [0.1, 0.15) is 85.5 Å². The first kappa shape index (κ1) is 24.3. The second-order valence-electron chi connectivity index (χ2n) is 11.4. The minimum absolute atomic E-state index is 0. The number of hydrogen-bond donors (Lipinski definition) is 2. The number of aliphatic hydroxyl groups is 1. The average molecular weight is 441 g/mol. The number of likely N-dealkylation sites (N-methyl/N-ethyl adjacent to an activating group) is 1. The van der Waals surface area contributed by atoms with Gasteiger partial charge in [-0.3, -0.25) is 4.79 Å². The molecular formula is C25H45ClN2O2. The number of carbonyl (C=O) groups is 1. The van der Waals surface area contributed by atoms with Crippen molar-refractivity contribution in [1.29, 1.82) is 0 Å². The van der Waals surface area contributed by atoms with E-state index in [9.17, 15) is 9.90 Å². The SMILES string of the molecule is CCN(C(=O)CN)C1CC[C@@]2(C)C(CC[C@H]3[C@@H]4CC[C@H](C(C)O)[C@@]4(C)CC[C@@H]32)C1.Cl. The van der Waals surface area contributed by atoms with Gasteiger partial charge in [0.05, 0.1) is 12.6 Å². The zero-order valence-electron chi connectivity index (χ0n) is 19.6. The summed E-state index contributed by atoms with van der Waals surface area (Å²) in [5.41, 5.74) is 6.47. The van der Waals surface area contributed by atoms with E-state index in [1.165, 1.54) is 51.4 Å². The average Bonchev–Trinajstić information content (AvgIpc) is 3.05. The van der Waals surface area contributed by atoms with Crippen LogP contribution in [-0.4, -0.2) is 41.1 Å². The quantitative estimate of drug-likeness (QED) is 0.669. The maximum atomic E-state index is 12.3. The Morgan fingerprint density at radius 3 is 2.37 bits per heavy atom. The van der Waals surface area contributed by atoms with Crippen LogP contribution >= 0.6 is 12.4 Å². The van der Waals surface area contributed by atoms with E-state index in [2.05, 4.69) is 25.7 Å². The monoisotopic (exact) mass is 440 g/mol. The molecule has 0 spiro atoms. The Labute approximate surface area is 190 Å². The van der Waals surface area contributed by atoms with Gasteiger partial charge < -0.3 is 15.7 Å². The normalized spacial score (nSPS) is 46.1. The molecule has 3 N–H and O–H groups in total. The second kappa shape index (κ2) is 8.90. The van der Waals surface area contributed by atoms with Crippen LogP contribution < -0.4 is 5.73 Å². The third-order valence-corrected chi connectivity index (χ3v) is 10.6. The van der Waals surface area contributed by atoms with E-state index >= 15 is 0 Å². The lowest BCUT2D eigenvalue weighted by Gasteiger charge is -2.61. The molecule has 0 saturated heterocycles. The fourth-order valence-corrected chi connectivity index (χ4v) is 9.11. The first-order chi connectivity index (χ1) is 13.8. The number of aliphatic hydroxyl groups excluding tert-OH is 1. The molecule has 0 radical (unpaired) electrons. The van der Waals surface area contributed by atoms with Gasteiger partial charge >= 0.3 is 0 Å². The maximum absolute atomic E-state index is 12.3. The lowest BCUT2D eigenvalue weighted by atomic mass is 9.44. The molecule has 4 rings (SSSR count). The van der Waals surface area contributed by atoms with Crippen LogP contribution in [0.15, 0.2) is 0 Å². The highest BCUT2D eigenvalue weighted by molar-refractivity contribution is 5.85. The zero-order chi connectivity index (χ0) is 21.0. The van der Waals surface area contributed by atoms with Gasteiger partial charge in [-0.2, -0.15) is 0 Å². The molecule has 4 saturated carbocycles. The number of halogens is 1. The lowest BCUT2D eigenvalue weighted by Crippen LogP contribution is -2.56. The Kier molecular flexibility index (Phi) is 7.22. The summed E-state index contributed by atoms with van der Waals surface area (Å²) in [6.07, 6.45) is 11.3. The summed E-state index contributed by atoms with van der Waals surface area (Å²) in [5, 5.41) is 10.4. The largest absolute Gasteiger partial charge is 0.393 e. The van der Waals surface area contributed by atoms with Crippen molar-refractivity contribution in [3.63, 3.8) is 0 Å². The van der Waals surface area contributed by atoms with Crippen LogP contribution in [-0.2, 0) is 4.79 Å². The van der Waals surface area contributed by atoms with E-state index in [4.69, 9.17) is 5.73 Å². The van der Waals surface area contributed by atoms with Gasteiger partial charge in [0, 0.05) is 12.6 Å². The van der Waals surface area contributed by atoms with Crippen molar-refractivity contribution in [2.75, 3.05) is 13.1 Å². The Morgan fingerprint density at radius 2 is 1.73 bits per heavy atom. The van der Waals surface area contributed by atoms with E-state index < -0.39 is 0 Å². The fourth-order valence-electron chi connectivity index (χ4n) is 9.11. The molecule has 174 valence electrons. The molecule has 0 aromatic carbocycles. The molecule has 1 amide bonds. The number of nitrogens with two attached hydrogens (primary N) is 1. The van der Waals surface area contributed by atoms with Crippen LogP contribution in [0.4, 0.5) is 0 Å². The summed E-state index contributed by atoms with van der Waals surface area (Å²) in [6, 6.07) is 0.394. The number of amides is 1. The molecule has 4 aliphatic rings. The predicted molar refractivity (Wildman–Crippen MR) is 124 cm³/mol. The van der Waals surface area contributed by atoms with E-state index in [-0.39, 0.29) is 31.0 Å². The Morgan fingerprint density at radius 1 is 1.07 bits per heavy atom. The van der Waals surface area contributed by atoms with Gasteiger partial charge in [-0.1, -0.05) is 13.8 Å². The maximum Gasteiger partial charge on any atom is 0.236 e. The van der Waals surface area contributed by atoms with Gasteiger partial charge in [-0.25, -0.2) is 0 Å². The van der Waals surface area contributed by atoms with Gasteiger partial charge in [0.15, 0.2) is 0 Å². The molecule has 3 unspecified atom stereocenters. The second-order valence-corrected chi connectivity index (χ2v) is 11.4. The Balaban J connectivity index is 0.00000256.